The first-order valence-electron chi connectivity index (χ1n) is 9.53. The predicted molar refractivity (Wildman–Crippen MR) is 108 cm³/mol. The van der Waals surface area contributed by atoms with Crippen molar-refractivity contribution in [1.29, 1.82) is 0 Å². The number of aliphatic hydroxyl groups is 1. The summed E-state index contributed by atoms with van der Waals surface area (Å²) in [6.07, 6.45) is 1.37. The van der Waals surface area contributed by atoms with Gasteiger partial charge in [-0.15, -0.1) is 0 Å². The van der Waals surface area contributed by atoms with E-state index in [9.17, 15) is 17.9 Å². The summed E-state index contributed by atoms with van der Waals surface area (Å²) in [5.41, 5.74) is 1.24. The Morgan fingerprint density at radius 3 is 2.62 bits per heavy atom. The average Bonchev–Trinajstić information content (AvgIpc) is 2.94. The minimum Gasteiger partial charge on any atom is -0.491 e. The average molecular weight is 424 g/mol. The molecule has 29 heavy (non-hydrogen) atoms. The van der Waals surface area contributed by atoms with Crippen molar-refractivity contribution in [1.82, 2.24) is 4.90 Å². The predicted octanol–water partition coefficient (Wildman–Crippen LogP) is 2.36. The molecule has 0 radical (unpaired) electrons. The van der Waals surface area contributed by atoms with E-state index in [2.05, 4.69) is 4.90 Å². The number of β-amino-alcohol motifs (C(OH)–C–C–N with tert-alkyl or cyclic N) is 1. The van der Waals surface area contributed by atoms with E-state index in [0.717, 1.165) is 32.4 Å². The van der Waals surface area contributed by atoms with E-state index in [1.165, 1.54) is 24.3 Å². The lowest BCUT2D eigenvalue weighted by Crippen LogP contribution is -2.37. The number of halogens is 1. The number of hydrogen-bond acceptors (Lipinski definition) is 6. The summed E-state index contributed by atoms with van der Waals surface area (Å²) in [5, 5.41) is 10.3. The van der Waals surface area contributed by atoms with Crippen molar-refractivity contribution >= 4 is 9.84 Å². The van der Waals surface area contributed by atoms with Crippen LogP contribution in [0, 0.1) is 5.82 Å². The minimum atomic E-state index is -3.29. The molecule has 8 heteroatoms. The van der Waals surface area contributed by atoms with Gasteiger partial charge in [0.1, 0.15) is 24.3 Å². The van der Waals surface area contributed by atoms with Gasteiger partial charge in [-0.05, 0) is 41.8 Å². The Morgan fingerprint density at radius 2 is 1.90 bits per heavy atom. The third kappa shape index (κ3) is 6.50. The van der Waals surface area contributed by atoms with Crippen LogP contribution in [-0.4, -0.2) is 70.2 Å². The fourth-order valence-corrected chi connectivity index (χ4v) is 3.86. The molecular weight excluding hydrogens is 397 g/mol. The normalized spacial score (nSPS) is 16.9. The summed E-state index contributed by atoms with van der Waals surface area (Å²) < 4.78 is 48.3. The fourth-order valence-electron chi connectivity index (χ4n) is 3.23. The molecule has 1 N–H and O–H groups in total. The number of ether oxygens (including phenoxy) is 2. The molecular formula is C21H26FNO5S. The molecule has 1 saturated heterocycles. The van der Waals surface area contributed by atoms with Crippen LogP contribution in [0.3, 0.4) is 0 Å². The molecule has 1 heterocycles. The zero-order valence-electron chi connectivity index (χ0n) is 16.4. The second-order valence-electron chi connectivity index (χ2n) is 7.20. The summed E-state index contributed by atoms with van der Waals surface area (Å²) in [7, 11) is -3.29. The number of nitrogens with zero attached hydrogens (tertiary/aromatic N) is 1. The van der Waals surface area contributed by atoms with Crippen LogP contribution in [-0.2, 0) is 14.6 Å². The van der Waals surface area contributed by atoms with Crippen LogP contribution in [0.4, 0.5) is 4.39 Å². The zero-order chi connectivity index (χ0) is 20.9. The molecule has 1 atom stereocenters. The molecule has 0 saturated carbocycles. The maximum atomic E-state index is 14.1. The van der Waals surface area contributed by atoms with Crippen LogP contribution in [0.25, 0.3) is 11.1 Å². The summed E-state index contributed by atoms with van der Waals surface area (Å²) in [5.74, 6) is -0.158. The van der Waals surface area contributed by atoms with Crippen LogP contribution >= 0.6 is 0 Å². The van der Waals surface area contributed by atoms with Crippen LogP contribution in [0.1, 0.15) is 6.42 Å². The quantitative estimate of drug-likeness (QED) is 0.737. The maximum Gasteiger partial charge on any atom is 0.175 e. The first-order chi connectivity index (χ1) is 13.8. The summed E-state index contributed by atoms with van der Waals surface area (Å²) in [4.78, 5) is 2.33. The highest BCUT2D eigenvalue weighted by Crippen LogP contribution is 2.27. The van der Waals surface area contributed by atoms with Gasteiger partial charge < -0.3 is 14.6 Å². The van der Waals surface area contributed by atoms with Crippen molar-refractivity contribution in [2.75, 3.05) is 45.7 Å². The molecule has 0 aliphatic carbocycles. The Kier molecular flexibility index (Phi) is 7.23. The zero-order valence-corrected chi connectivity index (χ0v) is 17.2. The van der Waals surface area contributed by atoms with Gasteiger partial charge in [0, 0.05) is 38.6 Å². The first kappa shape index (κ1) is 21.7. The molecule has 1 unspecified atom stereocenters. The Hall–Kier alpha value is -2.00. The van der Waals surface area contributed by atoms with Crippen LogP contribution in [0.15, 0.2) is 47.4 Å². The number of hydrogen-bond donors (Lipinski definition) is 1. The molecule has 1 aliphatic heterocycles. The second kappa shape index (κ2) is 9.67. The van der Waals surface area contributed by atoms with Crippen LogP contribution in [0.5, 0.6) is 5.75 Å². The maximum absolute atomic E-state index is 14.1. The van der Waals surface area contributed by atoms with Crippen LogP contribution < -0.4 is 4.74 Å². The Bertz CT molecular complexity index is 909. The lowest BCUT2D eigenvalue weighted by atomic mass is 10.1. The SMILES string of the molecule is CS(=O)(=O)c1ccc(-c2cc(F)cc(OCC(O)CN3CCCOCC3)c2)cc1. The van der Waals surface area contributed by atoms with E-state index in [1.54, 1.807) is 18.2 Å². The van der Waals surface area contributed by atoms with E-state index >= 15 is 0 Å². The van der Waals surface area contributed by atoms with Crippen molar-refractivity contribution in [3.05, 3.63) is 48.3 Å². The Morgan fingerprint density at radius 1 is 1.14 bits per heavy atom. The van der Waals surface area contributed by atoms with Crippen molar-refractivity contribution < 1.29 is 27.4 Å². The lowest BCUT2D eigenvalue weighted by Gasteiger charge is -2.22. The van der Waals surface area contributed by atoms with Crippen molar-refractivity contribution in [2.24, 2.45) is 0 Å². The smallest absolute Gasteiger partial charge is 0.175 e. The van der Waals surface area contributed by atoms with Crippen molar-refractivity contribution in [2.45, 2.75) is 17.4 Å². The molecule has 0 amide bonds. The lowest BCUT2D eigenvalue weighted by molar-refractivity contribution is 0.0657. The van der Waals surface area contributed by atoms with Crippen molar-refractivity contribution in [3.8, 4) is 16.9 Å². The Balaban J connectivity index is 1.64. The standard InChI is InChI=1S/C21H26FNO5S/c1-29(25,26)21-5-3-16(4-6-21)17-11-18(22)13-20(12-17)28-15-19(24)14-23-7-2-9-27-10-8-23/h3-6,11-13,19,24H,2,7-10,14-15H2,1H3. The van der Waals surface area contributed by atoms with Gasteiger partial charge in [-0.3, -0.25) is 4.90 Å². The van der Waals surface area contributed by atoms with E-state index in [-0.39, 0.29) is 11.5 Å². The van der Waals surface area contributed by atoms with Gasteiger partial charge in [0.05, 0.1) is 11.5 Å². The topological polar surface area (TPSA) is 76.1 Å². The monoisotopic (exact) mass is 423 g/mol. The van der Waals surface area contributed by atoms with E-state index < -0.39 is 21.8 Å². The third-order valence-corrected chi connectivity index (χ3v) is 5.84. The van der Waals surface area contributed by atoms with Gasteiger partial charge in [0.2, 0.25) is 0 Å². The summed E-state index contributed by atoms with van der Waals surface area (Å²) in [6, 6.07) is 10.5. The molecule has 2 aromatic rings. The van der Waals surface area contributed by atoms with Crippen LogP contribution in [0.2, 0.25) is 0 Å². The van der Waals surface area contributed by atoms with Gasteiger partial charge in [0.25, 0.3) is 0 Å². The highest BCUT2D eigenvalue weighted by atomic mass is 32.2. The van der Waals surface area contributed by atoms with Gasteiger partial charge in [0.15, 0.2) is 9.84 Å². The minimum absolute atomic E-state index is 0.0489. The molecule has 0 aromatic heterocycles. The van der Waals surface area contributed by atoms with E-state index in [1.807, 2.05) is 0 Å². The molecule has 158 valence electrons. The molecule has 0 spiro atoms. The molecule has 2 aromatic carbocycles. The second-order valence-corrected chi connectivity index (χ2v) is 9.22. The number of aliphatic hydroxyl groups excluding tert-OH is 1. The van der Waals surface area contributed by atoms with Gasteiger partial charge in [-0.25, -0.2) is 12.8 Å². The third-order valence-electron chi connectivity index (χ3n) is 4.71. The number of rotatable bonds is 7. The van der Waals surface area contributed by atoms with Gasteiger partial charge in [-0.2, -0.15) is 0 Å². The largest absolute Gasteiger partial charge is 0.491 e. The van der Waals surface area contributed by atoms with Crippen molar-refractivity contribution in [3.63, 3.8) is 0 Å². The highest BCUT2D eigenvalue weighted by Gasteiger charge is 2.15. The molecule has 3 rings (SSSR count). The molecule has 0 bridgehead atoms. The number of sulfone groups is 1. The number of benzene rings is 2. The van der Waals surface area contributed by atoms with Gasteiger partial charge in [-0.1, -0.05) is 12.1 Å². The molecule has 6 nitrogen and oxygen atoms in total. The highest BCUT2D eigenvalue weighted by molar-refractivity contribution is 7.90. The fraction of sp³-hybridized carbons (Fsp3) is 0.429. The Labute approximate surface area is 170 Å². The van der Waals surface area contributed by atoms with Gasteiger partial charge >= 0.3 is 0 Å². The summed E-state index contributed by atoms with van der Waals surface area (Å²) in [6.45, 7) is 3.54. The van der Waals surface area contributed by atoms with E-state index in [4.69, 9.17) is 9.47 Å². The first-order valence-corrected chi connectivity index (χ1v) is 11.4. The summed E-state index contributed by atoms with van der Waals surface area (Å²) >= 11 is 0. The molecule has 1 fully saturated rings. The van der Waals surface area contributed by atoms with E-state index in [0.29, 0.717) is 30.0 Å². The molecule has 1 aliphatic rings.